The summed E-state index contributed by atoms with van der Waals surface area (Å²) in [6.45, 7) is 0.581. The number of aliphatic hydroxyl groups is 1. The fraction of sp³-hybridized carbons (Fsp3) is 0.308. The van der Waals surface area contributed by atoms with E-state index in [2.05, 4.69) is 21.1 Å². The number of methoxy groups -OCH3 is 1. The number of aromatic nitrogens is 1. The summed E-state index contributed by atoms with van der Waals surface area (Å²) in [6, 6.07) is 7.24. The van der Waals surface area contributed by atoms with Crippen LogP contribution in [0.25, 0.3) is 0 Å². The Hall–Kier alpha value is -1.37. The van der Waals surface area contributed by atoms with E-state index in [1.54, 1.807) is 19.2 Å². The van der Waals surface area contributed by atoms with Gasteiger partial charge in [-0.1, -0.05) is 21.1 Å². The molecule has 102 valence electrons. The molecule has 0 spiro atoms. The third kappa shape index (κ3) is 3.79. The van der Waals surface area contributed by atoms with Crippen LogP contribution in [-0.4, -0.2) is 17.4 Å². The molecule has 2 aromatic rings. The molecule has 0 unspecified atom stereocenters. The minimum absolute atomic E-state index is 0.0808. The summed E-state index contributed by atoms with van der Waals surface area (Å²) in [7, 11) is 1.59. The molecule has 5 nitrogen and oxygen atoms in total. The van der Waals surface area contributed by atoms with Gasteiger partial charge in [0.25, 0.3) is 0 Å². The molecule has 1 aromatic carbocycles. The molecule has 0 aliphatic rings. The van der Waals surface area contributed by atoms with Crippen LogP contribution in [-0.2, 0) is 24.6 Å². The average Bonchev–Trinajstić information content (AvgIpc) is 2.85. The van der Waals surface area contributed by atoms with Gasteiger partial charge in [-0.25, -0.2) is 0 Å². The molecule has 2 rings (SSSR count). The van der Waals surface area contributed by atoms with Crippen LogP contribution in [0.15, 0.2) is 33.3 Å². The third-order valence-electron chi connectivity index (χ3n) is 2.46. The van der Waals surface area contributed by atoms with Gasteiger partial charge in [0.2, 0.25) is 0 Å². The summed E-state index contributed by atoms with van der Waals surface area (Å²) in [5.74, 6) is 1.28. The molecule has 19 heavy (non-hydrogen) atoms. The lowest BCUT2D eigenvalue weighted by Crippen LogP contribution is -1.99. The summed E-state index contributed by atoms with van der Waals surface area (Å²) in [5.41, 5.74) is 1.40. The first-order valence-corrected chi connectivity index (χ1v) is 6.47. The first-order valence-electron chi connectivity index (χ1n) is 5.68. The maximum atomic E-state index is 9.26. The molecule has 0 amide bonds. The number of hydrogen-bond acceptors (Lipinski definition) is 5. The van der Waals surface area contributed by atoms with Gasteiger partial charge in [0.1, 0.15) is 24.7 Å². The first-order chi connectivity index (χ1) is 9.22. The third-order valence-corrected chi connectivity index (χ3v) is 2.96. The molecule has 1 aromatic heterocycles. The van der Waals surface area contributed by atoms with E-state index in [4.69, 9.17) is 14.0 Å². The first kappa shape index (κ1) is 14.0. The van der Waals surface area contributed by atoms with E-state index in [0.717, 1.165) is 10.0 Å². The van der Waals surface area contributed by atoms with Crippen molar-refractivity contribution in [1.29, 1.82) is 0 Å². The van der Waals surface area contributed by atoms with Gasteiger partial charge in [0, 0.05) is 23.2 Å². The predicted octanol–water partition coefficient (Wildman–Crippen LogP) is 2.65. The summed E-state index contributed by atoms with van der Waals surface area (Å²) in [4.78, 5) is 0. The Morgan fingerprint density at radius 2 is 2.16 bits per heavy atom. The second-order valence-electron chi connectivity index (χ2n) is 3.92. The SMILES string of the molecule is COCc1cc(COc2ccc(Br)cc2CO)no1. The number of hydrogen-bond donors (Lipinski definition) is 1. The average molecular weight is 328 g/mol. The maximum absolute atomic E-state index is 9.26. The zero-order valence-electron chi connectivity index (χ0n) is 10.4. The van der Waals surface area contributed by atoms with Crippen LogP contribution in [0.5, 0.6) is 5.75 Å². The Bertz CT molecular complexity index is 541. The van der Waals surface area contributed by atoms with Crippen LogP contribution < -0.4 is 4.74 Å². The standard InChI is InChI=1S/C13H14BrNO4/c1-17-8-12-5-11(15-19-12)7-18-13-3-2-10(14)4-9(13)6-16/h2-5,16H,6-8H2,1H3. The van der Waals surface area contributed by atoms with Crippen LogP contribution >= 0.6 is 15.9 Å². The molecule has 1 N–H and O–H groups in total. The molecule has 0 saturated heterocycles. The molecule has 1 heterocycles. The van der Waals surface area contributed by atoms with E-state index in [9.17, 15) is 5.11 Å². The van der Waals surface area contributed by atoms with E-state index in [1.165, 1.54) is 0 Å². The van der Waals surface area contributed by atoms with Crippen LogP contribution in [0.3, 0.4) is 0 Å². The molecule has 6 heteroatoms. The molecule has 0 atom stereocenters. The van der Waals surface area contributed by atoms with Crippen molar-refractivity contribution in [3.8, 4) is 5.75 Å². The lowest BCUT2D eigenvalue weighted by Gasteiger charge is -2.08. The highest BCUT2D eigenvalue weighted by atomic mass is 79.9. The second-order valence-corrected chi connectivity index (χ2v) is 4.83. The highest BCUT2D eigenvalue weighted by Gasteiger charge is 2.07. The largest absolute Gasteiger partial charge is 0.487 e. The van der Waals surface area contributed by atoms with Gasteiger partial charge in [-0.3, -0.25) is 0 Å². The highest BCUT2D eigenvalue weighted by molar-refractivity contribution is 9.10. The summed E-state index contributed by atoms with van der Waals surface area (Å²) in [6.07, 6.45) is 0. The monoisotopic (exact) mass is 327 g/mol. The van der Waals surface area contributed by atoms with Gasteiger partial charge in [0.05, 0.1) is 6.61 Å². The number of halogens is 1. The summed E-state index contributed by atoms with van der Waals surface area (Å²) < 4.78 is 16.5. The number of aliphatic hydroxyl groups excluding tert-OH is 1. The van der Waals surface area contributed by atoms with Crippen LogP contribution in [0, 0.1) is 0 Å². The minimum atomic E-state index is -0.0808. The predicted molar refractivity (Wildman–Crippen MR) is 71.6 cm³/mol. The van der Waals surface area contributed by atoms with Crippen molar-refractivity contribution in [3.63, 3.8) is 0 Å². The maximum Gasteiger partial charge on any atom is 0.162 e. The Balaban J connectivity index is 2.01. The second kappa shape index (κ2) is 6.70. The van der Waals surface area contributed by atoms with E-state index >= 15 is 0 Å². The van der Waals surface area contributed by atoms with Crippen molar-refractivity contribution in [1.82, 2.24) is 5.16 Å². The van der Waals surface area contributed by atoms with E-state index in [1.807, 2.05) is 12.1 Å². The molecule has 0 fully saturated rings. The van der Waals surface area contributed by atoms with Crippen LogP contribution in [0.1, 0.15) is 17.0 Å². The highest BCUT2D eigenvalue weighted by Crippen LogP contribution is 2.24. The molecule has 0 saturated carbocycles. The molecular formula is C13H14BrNO4. The van der Waals surface area contributed by atoms with E-state index in [0.29, 0.717) is 23.8 Å². The fourth-order valence-corrected chi connectivity index (χ4v) is 2.01. The Labute approximate surface area is 119 Å². The van der Waals surface area contributed by atoms with Crippen molar-refractivity contribution in [2.75, 3.05) is 7.11 Å². The normalized spacial score (nSPS) is 10.7. The van der Waals surface area contributed by atoms with Gasteiger partial charge in [-0.05, 0) is 18.2 Å². The summed E-state index contributed by atoms with van der Waals surface area (Å²) in [5, 5.41) is 13.1. The zero-order valence-corrected chi connectivity index (χ0v) is 12.0. The van der Waals surface area contributed by atoms with Gasteiger partial charge < -0.3 is 19.1 Å². The number of rotatable bonds is 6. The quantitative estimate of drug-likeness (QED) is 0.883. The zero-order chi connectivity index (χ0) is 13.7. The van der Waals surface area contributed by atoms with Gasteiger partial charge in [-0.15, -0.1) is 0 Å². The van der Waals surface area contributed by atoms with Crippen molar-refractivity contribution in [2.45, 2.75) is 19.8 Å². The van der Waals surface area contributed by atoms with Crippen molar-refractivity contribution in [2.24, 2.45) is 0 Å². The van der Waals surface area contributed by atoms with E-state index < -0.39 is 0 Å². The van der Waals surface area contributed by atoms with Gasteiger partial charge in [0.15, 0.2) is 5.76 Å². The van der Waals surface area contributed by atoms with E-state index in [-0.39, 0.29) is 13.2 Å². The number of nitrogens with zero attached hydrogens (tertiary/aromatic N) is 1. The fourth-order valence-electron chi connectivity index (χ4n) is 1.60. The number of benzene rings is 1. The van der Waals surface area contributed by atoms with Crippen molar-refractivity contribution < 1.29 is 19.1 Å². The van der Waals surface area contributed by atoms with Gasteiger partial charge in [-0.2, -0.15) is 0 Å². The molecule has 0 bridgehead atoms. The molecule has 0 radical (unpaired) electrons. The topological polar surface area (TPSA) is 64.7 Å². The molecule has 0 aliphatic carbocycles. The number of ether oxygens (including phenoxy) is 2. The Morgan fingerprint density at radius 3 is 2.89 bits per heavy atom. The van der Waals surface area contributed by atoms with Gasteiger partial charge >= 0.3 is 0 Å². The Kier molecular flexibility index (Phi) is 4.95. The lowest BCUT2D eigenvalue weighted by atomic mass is 10.2. The minimum Gasteiger partial charge on any atom is -0.487 e. The van der Waals surface area contributed by atoms with Crippen molar-refractivity contribution >= 4 is 15.9 Å². The molecular weight excluding hydrogens is 314 g/mol. The lowest BCUT2D eigenvalue weighted by molar-refractivity contribution is 0.155. The molecule has 0 aliphatic heterocycles. The van der Waals surface area contributed by atoms with Crippen molar-refractivity contribution in [3.05, 3.63) is 45.8 Å². The van der Waals surface area contributed by atoms with Crippen LogP contribution in [0.2, 0.25) is 0 Å². The summed E-state index contributed by atoms with van der Waals surface area (Å²) >= 11 is 3.35. The van der Waals surface area contributed by atoms with Crippen LogP contribution in [0.4, 0.5) is 0 Å². The Morgan fingerprint density at radius 1 is 1.32 bits per heavy atom. The smallest absolute Gasteiger partial charge is 0.162 e.